The molecule has 4 nitrogen and oxygen atoms in total. The van der Waals surface area contributed by atoms with Gasteiger partial charge in [-0.2, -0.15) is 0 Å². The summed E-state index contributed by atoms with van der Waals surface area (Å²) >= 11 is 0. The van der Waals surface area contributed by atoms with E-state index in [1.165, 1.54) is 7.11 Å². The topological polar surface area (TPSA) is 64.3 Å². The largest absolute Gasteiger partial charge is 0.468 e. The van der Waals surface area contributed by atoms with E-state index >= 15 is 0 Å². The summed E-state index contributed by atoms with van der Waals surface area (Å²) in [5.74, 6) is -0.250. The third-order valence-electron chi connectivity index (χ3n) is 3.02. The van der Waals surface area contributed by atoms with Gasteiger partial charge in [0.05, 0.1) is 7.11 Å². The number of hydrogen-bond acceptors (Lipinski definition) is 4. The van der Waals surface area contributed by atoms with E-state index in [0.29, 0.717) is 5.41 Å². The molecule has 23 heavy (non-hydrogen) atoms. The molecule has 0 spiro atoms. The Kier molecular flexibility index (Phi) is 9.10. The summed E-state index contributed by atoms with van der Waals surface area (Å²) in [5.41, 5.74) is 6.68. The van der Waals surface area contributed by atoms with Crippen molar-refractivity contribution >= 4 is 5.97 Å². The van der Waals surface area contributed by atoms with E-state index in [4.69, 9.17) is 10.5 Å². The molecule has 1 rings (SSSR count). The van der Waals surface area contributed by atoms with Crippen molar-refractivity contribution in [2.45, 2.75) is 47.6 Å². The second-order valence-corrected chi connectivity index (χ2v) is 8.07. The second kappa shape index (κ2) is 9.68. The Morgan fingerprint density at radius 1 is 1.09 bits per heavy atom. The van der Waals surface area contributed by atoms with Gasteiger partial charge in [-0.3, -0.25) is 0 Å². The molecule has 4 heteroatoms. The van der Waals surface area contributed by atoms with Gasteiger partial charge in [-0.1, -0.05) is 71.9 Å². The number of nitrogens with two attached hydrogens (primary N) is 1. The molecule has 0 aliphatic heterocycles. The van der Waals surface area contributed by atoms with Crippen molar-refractivity contribution in [2.75, 3.05) is 20.2 Å². The first-order valence-corrected chi connectivity index (χ1v) is 8.06. The Hall–Kier alpha value is -1.39. The third kappa shape index (κ3) is 10.9. The second-order valence-electron chi connectivity index (χ2n) is 8.07. The average Bonchev–Trinajstić information content (AvgIpc) is 2.47. The highest BCUT2D eigenvalue weighted by Gasteiger charge is 2.22. The van der Waals surface area contributed by atoms with Crippen molar-refractivity contribution < 1.29 is 9.53 Å². The summed E-state index contributed by atoms with van der Waals surface area (Å²) in [6.45, 7) is 14.2. The van der Waals surface area contributed by atoms with E-state index in [1.54, 1.807) is 0 Å². The summed E-state index contributed by atoms with van der Waals surface area (Å²) in [4.78, 5) is 11.7. The van der Waals surface area contributed by atoms with E-state index in [9.17, 15) is 4.79 Å². The van der Waals surface area contributed by atoms with Gasteiger partial charge in [-0.25, -0.2) is 4.79 Å². The molecule has 3 N–H and O–H groups in total. The molecule has 0 fully saturated rings. The number of ether oxygens (including phenoxy) is 1. The zero-order valence-corrected chi connectivity index (χ0v) is 15.8. The molecular formula is C19H34N2O2. The van der Waals surface area contributed by atoms with Crippen LogP contribution in [0.3, 0.4) is 0 Å². The molecule has 0 aliphatic rings. The Balaban J connectivity index is 0.000000688. The number of methoxy groups -OCH3 is 1. The van der Waals surface area contributed by atoms with Crippen molar-refractivity contribution in [3.63, 3.8) is 0 Å². The average molecular weight is 322 g/mol. The molecular weight excluding hydrogens is 288 g/mol. The van der Waals surface area contributed by atoms with Crippen molar-refractivity contribution in [1.82, 2.24) is 5.32 Å². The lowest BCUT2D eigenvalue weighted by Crippen LogP contribution is -2.35. The number of carbonyl (C=O) groups excluding carboxylic acids is 1. The van der Waals surface area contributed by atoms with Crippen LogP contribution in [0, 0.1) is 10.8 Å². The molecule has 0 radical (unpaired) electrons. The van der Waals surface area contributed by atoms with Crippen LogP contribution in [0.25, 0.3) is 0 Å². The SMILES string of the molecule is CC(C)(C)CN.COC(=O)C(NCC(C)(C)C)c1ccccc1. The van der Waals surface area contributed by atoms with E-state index in [-0.39, 0.29) is 17.4 Å². The zero-order chi connectivity index (χ0) is 18.1. The molecule has 0 amide bonds. The van der Waals surface area contributed by atoms with Gasteiger partial charge in [-0.05, 0) is 22.9 Å². The van der Waals surface area contributed by atoms with Crippen LogP contribution in [0.2, 0.25) is 0 Å². The van der Waals surface area contributed by atoms with Gasteiger partial charge in [0, 0.05) is 6.54 Å². The number of rotatable bonds is 4. The van der Waals surface area contributed by atoms with E-state index in [0.717, 1.165) is 18.7 Å². The van der Waals surface area contributed by atoms with Crippen LogP contribution in [0.15, 0.2) is 30.3 Å². The predicted molar refractivity (Wildman–Crippen MR) is 97.2 cm³/mol. The fourth-order valence-electron chi connectivity index (χ4n) is 1.51. The Morgan fingerprint density at radius 3 is 1.91 bits per heavy atom. The lowest BCUT2D eigenvalue weighted by atomic mass is 9.96. The summed E-state index contributed by atoms with van der Waals surface area (Å²) in [7, 11) is 1.41. The van der Waals surface area contributed by atoms with Gasteiger partial charge in [0.1, 0.15) is 6.04 Å². The van der Waals surface area contributed by atoms with Crippen LogP contribution in [0.5, 0.6) is 0 Å². The van der Waals surface area contributed by atoms with E-state index in [2.05, 4.69) is 46.9 Å². The van der Waals surface area contributed by atoms with Crippen LogP contribution < -0.4 is 11.1 Å². The molecule has 0 aliphatic carbocycles. The maximum Gasteiger partial charge on any atom is 0.327 e. The predicted octanol–water partition coefficient (Wildman–Crippen LogP) is 3.53. The first-order valence-electron chi connectivity index (χ1n) is 8.06. The maximum absolute atomic E-state index is 11.7. The van der Waals surface area contributed by atoms with E-state index < -0.39 is 0 Å². The molecule has 1 atom stereocenters. The van der Waals surface area contributed by atoms with E-state index in [1.807, 2.05) is 30.3 Å². The quantitative estimate of drug-likeness (QED) is 0.832. The van der Waals surface area contributed by atoms with Gasteiger partial charge < -0.3 is 15.8 Å². The summed E-state index contributed by atoms with van der Waals surface area (Å²) < 4.78 is 4.83. The van der Waals surface area contributed by atoms with Gasteiger partial charge >= 0.3 is 5.97 Å². The first-order chi connectivity index (χ1) is 10.5. The highest BCUT2D eigenvalue weighted by atomic mass is 16.5. The smallest absolute Gasteiger partial charge is 0.327 e. The minimum absolute atomic E-state index is 0.126. The summed E-state index contributed by atoms with van der Waals surface area (Å²) in [6, 6.07) is 9.24. The van der Waals surface area contributed by atoms with Gasteiger partial charge in [0.15, 0.2) is 0 Å². The lowest BCUT2D eigenvalue weighted by molar-refractivity contribution is -0.143. The van der Waals surface area contributed by atoms with Crippen LogP contribution in [0.1, 0.15) is 53.1 Å². The Bertz CT molecular complexity index is 445. The molecule has 1 unspecified atom stereocenters. The highest BCUT2D eigenvalue weighted by Crippen LogP contribution is 2.17. The molecule has 0 saturated heterocycles. The molecule has 0 heterocycles. The highest BCUT2D eigenvalue weighted by molar-refractivity contribution is 5.77. The maximum atomic E-state index is 11.7. The number of nitrogens with one attached hydrogen (secondary N) is 1. The lowest BCUT2D eigenvalue weighted by Gasteiger charge is -2.23. The van der Waals surface area contributed by atoms with Crippen LogP contribution in [0.4, 0.5) is 0 Å². The fraction of sp³-hybridized carbons (Fsp3) is 0.632. The van der Waals surface area contributed by atoms with Crippen LogP contribution >= 0.6 is 0 Å². The number of esters is 1. The van der Waals surface area contributed by atoms with Crippen molar-refractivity contribution in [2.24, 2.45) is 16.6 Å². The molecule has 0 saturated carbocycles. The summed E-state index contributed by atoms with van der Waals surface area (Å²) in [5, 5.41) is 3.25. The van der Waals surface area contributed by atoms with Gasteiger partial charge in [-0.15, -0.1) is 0 Å². The standard InChI is InChI=1S/C14H21NO2.C5H13N/c1-14(2,3)10-15-12(13(16)17-4)11-8-6-5-7-9-11;1-5(2,3)4-6/h5-9,12,15H,10H2,1-4H3;4,6H2,1-3H3. The van der Waals surface area contributed by atoms with Crippen LogP contribution in [-0.4, -0.2) is 26.2 Å². The first kappa shape index (κ1) is 21.6. The molecule has 0 aromatic heterocycles. The van der Waals surface area contributed by atoms with Crippen molar-refractivity contribution in [3.8, 4) is 0 Å². The minimum Gasteiger partial charge on any atom is -0.468 e. The molecule has 1 aromatic rings. The Morgan fingerprint density at radius 2 is 1.57 bits per heavy atom. The van der Waals surface area contributed by atoms with Crippen LogP contribution in [-0.2, 0) is 9.53 Å². The van der Waals surface area contributed by atoms with Crippen molar-refractivity contribution in [1.29, 1.82) is 0 Å². The molecule has 1 aromatic carbocycles. The fourth-order valence-corrected chi connectivity index (χ4v) is 1.51. The Labute approximate surface area is 141 Å². The zero-order valence-electron chi connectivity index (χ0n) is 15.8. The monoisotopic (exact) mass is 322 g/mol. The van der Waals surface area contributed by atoms with Gasteiger partial charge in [0.25, 0.3) is 0 Å². The normalized spacial score (nSPS) is 12.9. The van der Waals surface area contributed by atoms with Gasteiger partial charge in [0.2, 0.25) is 0 Å². The molecule has 132 valence electrons. The number of benzene rings is 1. The number of carbonyl (C=O) groups is 1. The minimum atomic E-state index is -0.388. The third-order valence-corrected chi connectivity index (χ3v) is 3.02. The number of hydrogen-bond donors (Lipinski definition) is 2. The summed E-state index contributed by atoms with van der Waals surface area (Å²) in [6.07, 6.45) is 0. The van der Waals surface area contributed by atoms with Crippen molar-refractivity contribution in [3.05, 3.63) is 35.9 Å². The molecule has 0 bridgehead atoms.